The molecule has 0 aliphatic rings. The second kappa shape index (κ2) is 7.43. The molecule has 1 N–H and O–H groups in total. The molecule has 1 aromatic carbocycles. The Labute approximate surface area is 147 Å². The summed E-state index contributed by atoms with van der Waals surface area (Å²) >= 11 is 1.25. The Bertz CT molecular complexity index is 919. The lowest BCUT2D eigenvalue weighted by molar-refractivity contribution is -0.142. The first kappa shape index (κ1) is 17.1. The van der Waals surface area contributed by atoms with Crippen LogP contribution in [0, 0.1) is 5.82 Å². The minimum atomic E-state index is -0.350. The van der Waals surface area contributed by atoms with Crippen LogP contribution in [0.4, 0.5) is 9.52 Å². The topological polar surface area (TPSA) is 73.2 Å². The summed E-state index contributed by atoms with van der Waals surface area (Å²) < 4.78 is 19.8. The van der Waals surface area contributed by atoms with Gasteiger partial charge < -0.3 is 14.6 Å². The molecular weight excluding hydrogens is 345 g/mol. The second-order valence-electron chi connectivity index (χ2n) is 5.32. The van der Waals surface area contributed by atoms with E-state index in [-0.39, 0.29) is 30.7 Å². The fourth-order valence-electron chi connectivity index (χ4n) is 2.43. The maximum absolute atomic E-state index is 13.2. The molecule has 2 heterocycles. The minimum absolute atomic E-state index is 0.0774. The van der Waals surface area contributed by atoms with E-state index in [2.05, 4.69) is 10.3 Å². The van der Waals surface area contributed by atoms with Crippen molar-refractivity contribution in [1.29, 1.82) is 0 Å². The number of thiazole rings is 1. The summed E-state index contributed by atoms with van der Waals surface area (Å²) in [6.45, 7) is 2.15. The van der Waals surface area contributed by atoms with E-state index in [1.165, 1.54) is 23.5 Å². The lowest BCUT2D eigenvalue weighted by Crippen LogP contribution is -2.18. The van der Waals surface area contributed by atoms with E-state index < -0.39 is 0 Å². The molecule has 0 saturated heterocycles. The quantitative estimate of drug-likeness (QED) is 0.685. The van der Waals surface area contributed by atoms with Gasteiger partial charge in [0.05, 0.1) is 18.7 Å². The monoisotopic (exact) mass is 361 g/mol. The first-order valence-corrected chi connectivity index (χ1v) is 8.57. The lowest BCUT2D eigenvalue weighted by Gasteiger charge is -2.05. The summed E-state index contributed by atoms with van der Waals surface area (Å²) in [7, 11) is 0. The third kappa shape index (κ3) is 4.21. The number of hydrogen-bond acceptors (Lipinski definition) is 5. The van der Waals surface area contributed by atoms with Crippen LogP contribution in [0.5, 0.6) is 0 Å². The summed E-state index contributed by atoms with van der Waals surface area (Å²) in [5.74, 6) is -0.915. The van der Waals surface area contributed by atoms with Gasteiger partial charge in [-0.3, -0.25) is 9.59 Å². The number of rotatable bonds is 6. The SMILES string of the molecule is CCOC(=O)Cc1csc(NC(=O)Cn2ccc3cc(F)ccc32)n1. The fraction of sp³-hybridized carbons (Fsp3) is 0.235. The van der Waals surface area contributed by atoms with Crippen LogP contribution in [0.1, 0.15) is 12.6 Å². The van der Waals surface area contributed by atoms with Crippen LogP contribution < -0.4 is 5.32 Å². The van der Waals surface area contributed by atoms with Gasteiger partial charge in [-0.15, -0.1) is 11.3 Å². The number of carbonyl (C=O) groups excluding carboxylic acids is 2. The Morgan fingerprint density at radius 1 is 1.36 bits per heavy atom. The fourth-order valence-corrected chi connectivity index (χ4v) is 3.15. The number of nitrogens with zero attached hydrogens (tertiary/aromatic N) is 2. The van der Waals surface area contributed by atoms with Crippen molar-refractivity contribution in [3.63, 3.8) is 0 Å². The molecule has 0 bridgehead atoms. The number of fused-ring (bicyclic) bond motifs is 1. The molecule has 0 spiro atoms. The Hall–Kier alpha value is -2.74. The Kier molecular flexibility index (Phi) is 5.08. The molecule has 0 fully saturated rings. The molecule has 0 atom stereocenters. The summed E-state index contributed by atoms with van der Waals surface area (Å²) in [6, 6.07) is 6.18. The van der Waals surface area contributed by atoms with Gasteiger partial charge in [-0.05, 0) is 31.2 Å². The molecule has 130 valence electrons. The number of esters is 1. The molecule has 0 unspecified atom stereocenters. The summed E-state index contributed by atoms with van der Waals surface area (Å²) in [5.41, 5.74) is 1.33. The largest absolute Gasteiger partial charge is 0.466 e. The zero-order valence-electron chi connectivity index (χ0n) is 13.5. The van der Waals surface area contributed by atoms with Crippen molar-refractivity contribution >= 4 is 39.2 Å². The normalized spacial score (nSPS) is 10.8. The van der Waals surface area contributed by atoms with Gasteiger partial charge in [-0.1, -0.05) is 0 Å². The number of hydrogen-bond donors (Lipinski definition) is 1. The van der Waals surface area contributed by atoms with Crippen molar-refractivity contribution in [1.82, 2.24) is 9.55 Å². The molecule has 0 aliphatic carbocycles. The van der Waals surface area contributed by atoms with Crippen LogP contribution in [-0.2, 0) is 27.3 Å². The molecule has 0 saturated carbocycles. The molecule has 3 rings (SSSR count). The van der Waals surface area contributed by atoms with E-state index >= 15 is 0 Å². The van der Waals surface area contributed by atoms with Gasteiger partial charge in [-0.2, -0.15) is 0 Å². The predicted octanol–water partition coefficient (Wildman–Crippen LogP) is 2.98. The van der Waals surface area contributed by atoms with Crippen molar-refractivity contribution in [3.05, 3.63) is 47.4 Å². The number of carbonyl (C=O) groups is 2. The van der Waals surface area contributed by atoms with E-state index in [4.69, 9.17) is 4.74 Å². The highest BCUT2D eigenvalue weighted by molar-refractivity contribution is 7.13. The standard InChI is InChI=1S/C17H16FN3O3S/c1-2-24-16(23)8-13-10-25-17(19-13)20-15(22)9-21-6-5-11-7-12(18)3-4-14(11)21/h3-7,10H,2,8-9H2,1H3,(H,19,20,22). The van der Waals surface area contributed by atoms with E-state index in [0.717, 1.165) is 10.9 Å². The second-order valence-corrected chi connectivity index (χ2v) is 6.18. The molecule has 0 aliphatic heterocycles. The minimum Gasteiger partial charge on any atom is -0.466 e. The van der Waals surface area contributed by atoms with Crippen molar-refractivity contribution in [2.24, 2.45) is 0 Å². The molecule has 8 heteroatoms. The average molecular weight is 361 g/mol. The van der Waals surface area contributed by atoms with Gasteiger partial charge in [0.1, 0.15) is 12.4 Å². The van der Waals surface area contributed by atoms with E-state index in [0.29, 0.717) is 17.4 Å². The third-order valence-corrected chi connectivity index (χ3v) is 4.28. The molecule has 1 amide bonds. The first-order chi connectivity index (χ1) is 12.0. The maximum Gasteiger partial charge on any atom is 0.311 e. The van der Waals surface area contributed by atoms with Crippen molar-refractivity contribution < 1.29 is 18.7 Å². The van der Waals surface area contributed by atoms with Gasteiger partial charge in [0.15, 0.2) is 5.13 Å². The predicted molar refractivity (Wildman–Crippen MR) is 93.0 cm³/mol. The molecular formula is C17H16FN3O3S. The smallest absolute Gasteiger partial charge is 0.311 e. The van der Waals surface area contributed by atoms with Crippen LogP contribution in [0.3, 0.4) is 0 Å². The molecule has 0 radical (unpaired) electrons. The van der Waals surface area contributed by atoms with Crippen molar-refractivity contribution in [3.8, 4) is 0 Å². The number of halogens is 1. The molecule has 3 aromatic rings. The summed E-state index contributed by atoms with van der Waals surface area (Å²) in [4.78, 5) is 27.8. The number of anilines is 1. The number of ether oxygens (including phenoxy) is 1. The van der Waals surface area contributed by atoms with Crippen molar-refractivity contribution in [2.75, 3.05) is 11.9 Å². The Morgan fingerprint density at radius 2 is 2.20 bits per heavy atom. The Morgan fingerprint density at radius 3 is 3.00 bits per heavy atom. The number of aromatic nitrogens is 2. The molecule has 25 heavy (non-hydrogen) atoms. The van der Waals surface area contributed by atoms with Crippen molar-refractivity contribution in [2.45, 2.75) is 19.9 Å². The van der Waals surface area contributed by atoms with Gasteiger partial charge in [0.25, 0.3) is 0 Å². The molecule has 6 nitrogen and oxygen atoms in total. The van der Waals surface area contributed by atoms with Crippen LogP contribution in [-0.4, -0.2) is 28.0 Å². The summed E-state index contributed by atoms with van der Waals surface area (Å²) in [6.07, 6.45) is 1.81. The van der Waals surface area contributed by atoms with E-state index in [1.807, 2.05) is 0 Å². The lowest BCUT2D eigenvalue weighted by atomic mass is 10.2. The van der Waals surface area contributed by atoms with Gasteiger partial charge in [0, 0.05) is 22.5 Å². The van der Waals surface area contributed by atoms with Crippen LogP contribution >= 0.6 is 11.3 Å². The summed E-state index contributed by atoms with van der Waals surface area (Å²) in [5, 5.41) is 5.57. The maximum atomic E-state index is 13.2. The Balaban J connectivity index is 1.62. The van der Waals surface area contributed by atoms with Crippen LogP contribution in [0.15, 0.2) is 35.8 Å². The molecule has 2 aromatic heterocycles. The van der Waals surface area contributed by atoms with Gasteiger partial charge >= 0.3 is 5.97 Å². The van der Waals surface area contributed by atoms with Crippen LogP contribution in [0.25, 0.3) is 10.9 Å². The highest BCUT2D eigenvalue weighted by Crippen LogP contribution is 2.19. The highest BCUT2D eigenvalue weighted by Gasteiger charge is 2.12. The number of nitrogens with one attached hydrogen (secondary N) is 1. The van der Waals surface area contributed by atoms with Crippen LogP contribution in [0.2, 0.25) is 0 Å². The zero-order chi connectivity index (χ0) is 17.8. The first-order valence-electron chi connectivity index (χ1n) is 7.69. The van der Waals surface area contributed by atoms with E-state index in [1.54, 1.807) is 35.2 Å². The highest BCUT2D eigenvalue weighted by atomic mass is 32.1. The van der Waals surface area contributed by atoms with E-state index in [9.17, 15) is 14.0 Å². The third-order valence-electron chi connectivity index (χ3n) is 3.48. The number of amides is 1. The zero-order valence-corrected chi connectivity index (χ0v) is 14.3. The average Bonchev–Trinajstić information content (AvgIpc) is 3.14. The van der Waals surface area contributed by atoms with Gasteiger partial charge in [0.2, 0.25) is 5.91 Å². The number of benzene rings is 1. The van der Waals surface area contributed by atoms with Gasteiger partial charge in [-0.25, -0.2) is 9.37 Å².